The third-order valence-corrected chi connectivity index (χ3v) is 4.73. The minimum absolute atomic E-state index is 0.118. The van der Waals surface area contributed by atoms with Gasteiger partial charge in [-0.3, -0.25) is 19.2 Å². The lowest BCUT2D eigenvalue weighted by atomic mass is 10.0. The average molecular weight is 440 g/mol. The average Bonchev–Trinajstić information content (AvgIpc) is 2.73. The molecule has 32 heavy (non-hydrogen) atoms. The van der Waals surface area contributed by atoms with Crippen LogP contribution >= 0.6 is 0 Å². The summed E-state index contributed by atoms with van der Waals surface area (Å²) in [5, 5.41) is 5.43. The Hall–Kier alpha value is -3.68. The molecule has 0 fully saturated rings. The van der Waals surface area contributed by atoms with Crippen LogP contribution in [0.5, 0.6) is 0 Å². The fourth-order valence-electron chi connectivity index (χ4n) is 2.92. The van der Waals surface area contributed by atoms with Crippen LogP contribution in [0.3, 0.4) is 0 Å². The molecule has 1 atom stereocenters. The maximum absolute atomic E-state index is 12.3. The number of likely N-dealkylation sites (N-methyl/N-ethyl adjacent to an activating group) is 1. The molecule has 0 spiro atoms. The number of nitrogens with one attached hydrogen (secondary N) is 2. The van der Waals surface area contributed by atoms with Crippen LogP contribution in [0.25, 0.3) is 0 Å². The predicted molar refractivity (Wildman–Crippen MR) is 121 cm³/mol. The highest BCUT2D eigenvalue weighted by Gasteiger charge is 2.20. The number of carbonyl (C=O) groups is 4. The molecule has 2 aromatic rings. The first-order valence-corrected chi connectivity index (χ1v) is 10.2. The van der Waals surface area contributed by atoms with E-state index in [4.69, 9.17) is 4.74 Å². The molecule has 0 radical (unpaired) electrons. The van der Waals surface area contributed by atoms with Crippen LogP contribution in [0, 0.1) is 13.8 Å². The molecule has 170 valence electrons. The van der Waals surface area contributed by atoms with Crippen molar-refractivity contribution in [1.82, 2.24) is 10.2 Å². The van der Waals surface area contributed by atoms with Crippen LogP contribution in [0.1, 0.15) is 36.1 Å². The molecule has 2 rings (SSSR count). The van der Waals surface area contributed by atoms with Crippen molar-refractivity contribution in [1.29, 1.82) is 0 Å². The predicted octanol–water partition coefficient (Wildman–Crippen LogP) is 2.51. The Morgan fingerprint density at radius 3 is 2.06 bits per heavy atom. The molecule has 0 saturated heterocycles. The summed E-state index contributed by atoms with van der Waals surface area (Å²) in [5.41, 5.74) is 3.52. The maximum atomic E-state index is 12.3. The van der Waals surface area contributed by atoms with Crippen LogP contribution in [0.15, 0.2) is 48.5 Å². The van der Waals surface area contributed by atoms with Crippen LogP contribution < -0.4 is 10.6 Å². The molecular formula is C24H29N3O5. The van der Waals surface area contributed by atoms with Gasteiger partial charge >= 0.3 is 5.97 Å². The second-order valence-corrected chi connectivity index (χ2v) is 7.69. The zero-order valence-electron chi connectivity index (χ0n) is 18.8. The summed E-state index contributed by atoms with van der Waals surface area (Å²) >= 11 is 0. The lowest BCUT2D eigenvalue weighted by Crippen LogP contribution is -2.37. The van der Waals surface area contributed by atoms with Crippen molar-refractivity contribution in [3.05, 3.63) is 65.2 Å². The molecule has 8 heteroatoms. The number of carbonyl (C=O) groups excluding carboxylic acids is 4. The number of hydrogen-bond donors (Lipinski definition) is 2. The Labute approximate surface area is 187 Å². The number of aryl methyl sites for hydroxylation is 2. The van der Waals surface area contributed by atoms with E-state index in [1.165, 1.54) is 18.9 Å². The van der Waals surface area contributed by atoms with E-state index in [-0.39, 0.29) is 24.8 Å². The van der Waals surface area contributed by atoms with E-state index >= 15 is 0 Å². The summed E-state index contributed by atoms with van der Waals surface area (Å²) < 4.78 is 5.08. The summed E-state index contributed by atoms with van der Waals surface area (Å²) in [6.45, 7) is 4.58. The second-order valence-electron chi connectivity index (χ2n) is 7.69. The number of benzene rings is 2. The third kappa shape index (κ3) is 8.22. The first-order chi connectivity index (χ1) is 15.1. The quantitative estimate of drug-likeness (QED) is 0.584. The van der Waals surface area contributed by atoms with E-state index in [1.54, 1.807) is 12.1 Å². The molecule has 0 saturated carbocycles. The van der Waals surface area contributed by atoms with Gasteiger partial charge in [-0.15, -0.1) is 0 Å². The number of nitrogens with zero attached hydrogens (tertiary/aromatic N) is 1. The van der Waals surface area contributed by atoms with Gasteiger partial charge in [0.1, 0.15) is 0 Å². The zero-order valence-corrected chi connectivity index (χ0v) is 18.8. The molecule has 0 aliphatic rings. The van der Waals surface area contributed by atoms with Crippen LogP contribution in [0.2, 0.25) is 0 Å². The Kier molecular flexibility index (Phi) is 8.95. The number of amides is 3. The molecule has 0 aliphatic heterocycles. The number of anilines is 1. The highest BCUT2D eigenvalue weighted by molar-refractivity contribution is 5.94. The number of hydrogen-bond acceptors (Lipinski definition) is 5. The fraction of sp³-hybridized carbons (Fsp3) is 0.333. The Bertz CT molecular complexity index is 955. The Morgan fingerprint density at radius 2 is 1.50 bits per heavy atom. The van der Waals surface area contributed by atoms with Crippen molar-refractivity contribution in [2.45, 2.75) is 33.2 Å². The van der Waals surface area contributed by atoms with Crippen molar-refractivity contribution in [3.63, 3.8) is 0 Å². The van der Waals surface area contributed by atoms with Gasteiger partial charge < -0.3 is 20.3 Å². The minimum Gasteiger partial charge on any atom is -0.455 e. The third-order valence-electron chi connectivity index (χ3n) is 4.73. The maximum Gasteiger partial charge on any atom is 0.308 e. The number of esters is 1. The molecule has 0 bridgehead atoms. The summed E-state index contributed by atoms with van der Waals surface area (Å²) in [6.07, 6.45) is -0.118. The monoisotopic (exact) mass is 439 g/mol. The van der Waals surface area contributed by atoms with Crippen LogP contribution in [-0.2, 0) is 23.9 Å². The molecule has 2 aromatic carbocycles. The van der Waals surface area contributed by atoms with Gasteiger partial charge in [0, 0.05) is 19.7 Å². The number of rotatable bonds is 9. The van der Waals surface area contributed by atoms with Gasteiger partial charge in [0.05, 0.1) is 19.0 Å². The molecule has 1 unspecified atom stereocenters. The Morgan fingerprint density at radius 1 is 0.938 bits per heavy atom. The van der Waals surface area contributed by atoms with Crippen LogP contribution in [0.4, 0.5) is 5.69 Å². The standard InChI is InChI=1S/C24H29N3O5/c1-16-5-9-19(10-6-16)21(25-18(3)28)13-24(31)32-15-23(30)27(4)14-22(29)26-20-11-7-17(2)8-12-20/h5-12,21H,13-15H2,1-4H3,(H,25,28)(H,26,29). The van der Waals surface area contributed by atoms with Crippen molar-refractivity contribution >= 4 is 29.4 Å². The van der Waals surface area contributed by atoms with Gasteiger partial charge in [-0.05, 0) is 31.5 Å². The number of ether oxygens (including phenoxy) is 1. The summed E-state index contributed by atoms with van der Waals surface area (Å²) in [7, 11) is 1.46. The summed E-state index contributed by atoms with van der Waals surface area (Å²) in [6, 6.07) is 14.2. The minimum atomic E-state index is -0.629. The van der Waals surface area contributed by atoms with E-state index < -0.39 is 24.5 Å². The lowest BCUT2D eigenvalue weighted by molar-refractivity contribution is -0.152. The highest BCUT2D eigenvalue weighted by Crippen LogP contribution is 2.18. The van der Waals surface area contributed by atoms with E-state index in [1.807, 2.05) is 50.2 Å². The summed E-state index contributed by atoms with van der Waals surface area (Å²) in [4.78, 5) is 49.3. The van der Waals surface area contributed by atoms with Crippen LogP contribution in [-0.4, -0.2) is 48.8 Å². The van der Waals surface area contributed by atoms with Gasteiger partial charge in [0.25, 0.3) is 5.91 Å². The highest BCUT2D eigenvalue weighted by atomic mass is 16.5. The zero-order chi connectivity index (χ0) is 23.7. The van der Waals surface area contributed by atoms with Gasteiger partial charge in [0.2, 0.25) is 11.8 Å². The molecule has 0 heterocycles. The van der Waals surface area contributed by atoms with Gasteiger partial charge in [-0.25, -0.2) is 0 Å². The van der Waals surface area contributed by atoms with E-state index in [0.29, 0.717) is 5.69 Å². The molecule has 2 N–H and O–H groups in total. The van der Waals surface area contributed by atoms with E-state index in [2.05, 4.69) is 10.6 Å². The molecule has 0 aliphatic carbocycles. The molecule has 8 nitrogen and oxygen atoms in total. The summed E-state index contributed by atoms with van der Waals surface area (Å²) in [5.74, 6) is -1.78. The Balaban J connectivity index is 1.83. The first-order valence-electron chi connectivity index (χ1n) is 10.2. The van der Waals surface area contributed by atoms with Gasteiger partial charge in [-0.2, -0.15) is 0 Å². The normalized spacial score (nSPS) is 11.2. The fourth-order valence-corrected chi connectivity index (χ4v) is 2.92. The van der Waals surface area contributed by atoms with Crippen molar-refractivity contribution in [2.75, 3.05) is 25.5 Å². The molecule has 0 aromatic heterocycles. The SMILES string of the molecule is CC(=O)NC(CC(=O)OCC(=O)N(C)CC(=O)Nc1ccc(C)cc1)c1ccc(C)cc1. The van der Waals surface area contributed by atoms with Crippen molar-refractivity contribution < 1.29 is 23.9 Å². The topological polar surface area (TPSA) is 105 Å². The van der Waals surface area contributed by atoms with Crippen molar-refractivity contribution in [3.8, 4) is 0 Å². The van der Waals surface area contributed by atoms with Gasteiger partial charge in [-0.1, -0.05) is 47.5 Å². The van der Waals surface area contributed by atoms with Crippen molar-refractivity contribution in [2.24, 2.45) is 0 Å². The molecular weight excluding hydrogens is 410 g/mol. The largest absolute Gasteiger partial charge is 0.455 e. The smallest absolute Gasteiger partial charge is 0.308 e. The van der Waals surface area contributed by atoms with E-state index in [9.17, 15) is 19.2 Å². The second kappa shape index (κ2) is 11.6. The lowest BCUT2D eigenvalue weighted by Gasteiger charge is -2.19. The van der Waals surface area contributed by atoms with E-state index in [0.717, 1.165) is 16.7 Å². The molecule has 3 amide bonds. The van der Waals surface area contributed by atoms with Gasteiger partial charge in [0.15, 0.2) is 6.61 Å². The first kappa shape index (κ1) is 24.6.